The molecule has 0 radical (unpaired) electrons. The van der Waals surface area contributed by atoms with Crippen LogP contribution in [-0.2, 0) is 4.79 Å². The maximum atomic E-state index is 13.4. The second-order valence-electron chi connectivity index (χ2n) is 6.63. The first-order valence-corrected chi connectivity index (χ1v) is 9.16. The zero-order chi connectivity index (χ0) is 21.3. The average Bonchev–Trinajstić information content (AvgIpc) is 2.78. The Labute approximate surface area is 173 Å². The van der Waals surface area contributed by atoms with Gasteiger partial charge in [-0.15, -0.1) is 6.42 Å². The summed E-state index contributed by atoms with van der Waals surface area (Å²) in [6, 6.07) is 17.4. The van der Waals surface area contributed by atoms with Gasteiger partial charge in [-0.1, -0.05) is 55.0 Å². The molecule has 1 aliphatic rings. The number of hydrogen-bond acceptors (Lipinski definition) is 4. The number of ketones is 2. The van der Waals surface area contributed by atoms with Gasteiger partial charge in [0.15, 0.2) is 11.6 Å². The summed E-state index contributed by atoms with van der Waals surface area (Å²) in [5.74, 6) is 1.27. The Bertz CT molecular complexity index is 1270. The molecule has 4 rings (SSSR count). The topological polar surface area (TPSA) is 75.3 Å². The smallest absolute Gasteiger partial charge is 0.247 e. The molecule has 5 heteroatoms. The molecule has 0 heterocycles. The van der Waals surface area contributed by atoms with Gasteiger partial charge in [0.25, 0.3) is 0 Å². The van der Waals surface area contributed by atoms with E-state index in [1.54, 1.807) is 30.3 Å². The van der Waals surface area contributed by atoms with Crippen molar-refractivity contribution in [1.82, 2.24) is 0 Å². The summed E-state index contributed by atoms with van der Waals surface area (Å²) in [6.45, 7) is 3.44. The Morgan fingerprint density at radius 1 is 0.933 bits per heavy atom. The molecule has 144 valence electrons. The van der Waals surface area contributed by atoms with Gasteiger partial charge in [-0.05, 0) is 24.3 Å². The number of fused-ring (bicyclic) bond motifs is 2. The molecule has 0 saturated heterocycles. The highest BCUT2D eigenvalue weighted by molar-refractivity contribution is 6.33. The summed E-state index contributed by atoms with van der Waals surface area (Å²) >= 11 is 0. The highest BCUT2D eigenvalue weighted by Crippen LogP contribution is 2.39. The number of carbonyl (C=O) groups is 3. The molecule has 30 heavy (non-hydrogen) atoms. The molecule has 0 aliphatic heterocycles. The number of terminal acetylenes is 1. The minimum Gasteiger partial charge on any atom is -0.355 e. The number of carbonyl (C=O) groups excluding carboxylic acids is 3. The fraction of sp³-hybridized carbons (Fsp3) is 0. The number of amides is 1. The Kier molecular flexibility index (Phi) is 4.75. The number of rotatable bonds is 4. The van der Waals surface area contributed by atoms with Crippen molar-refractivity contribution in [3.8, 4) is 12.3 Å². The fourth-order valence-corrected chi connectivity index (χ4v) is 3.49. The third kappa shape index (κ3) is 3.07. The maximum absolute atomic E-state index is 13.4. The average molecular weight is 392 g/mol. The monoisotopic (exact) mass is 392 g/mol. The van der Waals surface area contributed by atoms with Gasteiger partial charge in [0.2, 0.25) is 5.91 Å². The molecule has 0 atom stereocenters. The third-order valence-electron chi connectivity index (χ3n) is 4.84. The quantitative estimate of drug-likeness (QED) is 0.401. The van der Waals surface area contributed by atoms with Gasteiger partial charge in [0.1, 0.15) is 0 Å². The summed E-state index contributed by atoms with van der Waals surface area (Å²) < 4.78 is 0. The normalized spacial score (nSPS) is 11.7. The molecular weight excluding hydrogens is 376 g/mol. The standard InChI is InChI=1S/C25H16N2O3/c1-3-15-14-19(26-16-10-6-5-7-11-16)21-22(23(15)27-20(28)4-2)25(30)18-13-9-8-12-17(18)24(21)29/h1,4-14,26H,2H2,(H,27,28). The van der Waals surface area contributed by atoms with E-state index in [0.717, 1.165) is 11.8 Å². The third-order valence-corrected chi connectivity index (χ3v) is 4.84. The molecule has 0 spiro atoms. The minimum atomic E-state index is -0.531. The van der Waals surface area contributed by atoms with E-state index in [9.17, 15) is 14.4 Å². The summed E-state index contributed by atoms with van der Waals surface area (Å²) in [6.07, 6.45) is 6.76. The number of benzene rings is 3. The summed E-state index contributed by atoms with van der Waals surface area (Å²) in [5.41, 5.74) is 2.35. The SMILES string of the molecule is C#Cc1cc(Nc2ccccc2)c2c(c1NC(=O)C=C)C(=O)c1ccccc1C2=O. The molecule has 2 N–H and O–H groups in total. The van der Waals surface area contributed by atoms with Crippen molar-refractivity contribution in [3.63, 3.8) is 0 Å². The van der Waals surface area contributed by atoms with Gasteiger partial charge in [0, 0.05) is 16.8 Å². The summed E-state index contributed by atoms with van der Waals surface area (Å²) in [7, 11) is 0. The van der Waals surface area contributed by atoms with E-state index in [1.165, 1.54) is 0 Å². The van der Waals surface area contributed by atoms with Gasteiger partial charge in [-0.25, -0.2) is 0 Å². The van der Waals surface area contributed by atoms with Crippen LogP contribution in [0.25, 0.3) is 0 Å². The predicted octanol–water partition coefficient (Wildman–Crippen LogP) is 4.31. The van der Waals surface area contributed by atoms with Crippen molar-refractivity contribution < 1.29 is 14.4 Å². The Morgan fingerprint density at radius 2 is 1.53 bits per heavy atom. The lowest BCUT2D eigenvalue weighted by Gasteiger charge is -2.24. The number of nitrogens with one attached hydrogen (secondary N) is 2. The van der Waals surface area contributed by atoms with Crippen molar-refractivity contribution in [1.29, 1.82) is 0 Å². The van der Waals surface area contributed by atoms with Crippen molar-refractivity contribution in [2.24, 2.45) is 0 Å². The Morgan fingerprint density at radius 3 is 2.13 bits per heavy atom. The number of anilines is 3. The Hall–Kier alpha value is -4.43. The van der Waals surface area contributed by atoms with Crippen LogP contribution >= 0.6 is 0 Å². The molecule has 1 aliphatic carbocycles. The second kappa shape index (κ2) is 7.53. The van der Waals surface area contributed by atoms with Crippen molar-refractivity contribution >= 4 is 34.5 Å². The molecule has 3 aromatic rings. The van der Waals surface area contributed by atoms with E-state index < -0.39 is 5.91 Å². The lowest BCUT2D eigenvalue weighted by molar-refractivity contribution is -0.111. The molecule has 0 bridgehead atoms. The molecule has 3 aromatic carbocycles. The highest BCUT2D eigenvalue weighted by atomic mass is 16.2. The second-order valence-corrected chi connectivity index (χ2v) is 6.63. The van der Waals surface area contributed by atoms with Crippen LogP contribution in [-0.4, -0.2) is 17.5 Å². The summed E-state index contributed by atoms with van der Waals surface area (Å²) in [4.78, 5) is 38.8. The minimum absolute atomic E-state index is 0.0720. The van der Waals surface area contributed by atoms with Crippen LogP contribution in [0.2, 0.25) is 0 Å². The van der Waals surface area contributed by atoms with Gasteiger partial charge >= 0.3 is 0 Å². The first kappa shape index (κ1) is 18.9. The van der Waals surface area contributed by atoms with Gasteiger partial charge in [-0.3, -0.25) is 14.4 Å². The van der Waals surface area contributed by atoms with Crippen LogP contribution in [0.5, 0.6) is 0 Å². The van der Waals surface area contributed by atoms with E-state index in [4.69, 9.17) is 6.42 Å². The zero-order valence-electron chi connectivity index (χ0n) is 15.9. The van der Waals surface area contributed by atoms with Gasteiger partial charge in [-0.2, -0.15) is 0 Å². The van der Waals surface area contributed by atoms with Crippen LogP contribution in [0.4, 0.5) is 17.1 Å². The van der Waals surface area contributed by atoms with E-state index in [-0.39, 0.29) is 39.5 Å². The largest absolute Gasteiger partial charge is 0.355 e. The molecule has 5 nitrogen and oxygen atoms in total. The van der Waals surface area contributed by atoms with E-state index in [2.05, 4.69) is 23.1 Å². The molecule has 0 unspecified atom stereocenters. The molecule has 0 aromatic heterocycles. The van der Waals surface area contributed by atoms with E-state index >= 15 is 0 Å². The molecular formula is C25H16N2O3. The van der Waals surface area contributed by atoms with E-state index in [1.807, 2.05) is 30.3 Å². The molecule has 1 amide bonds. The van der Waals surface area contributed by atoms with Crippen LogP contribution in [0.15, 0.2) is 73.3 Å². The Balaban J connectivity index is 2.02. The van der Waals surface area contributed by atoms with Gasteiger partial charge < -0.3 is 10.6 Å². The van der Waals surface area contributed by atoms with Crippen LogP contribution in [0.1, 0.15) is 37.4 Å². The first-order valence-electron chi connectivity index (χ1n) is 9.16. The van der Waals surface area contributed by atoms with Gasteiger partial charge in [0.05, 0.1) is 28.1 Å². The fourth-order valence-electron chi connectivity index (χ4n) is 3.49. The number of para-hydroxylation sites is 1. The van der Waals surface area contributed by atoms with Crippen molar-refractivity contribution in [2.45, 2.75) is 0 Å². The van der Waals surface area contributed by atoms with Crippen LogP contribution in [0, 0.1) is 12.3 Å². The van der Waals surface area contributed by atoms with E-state index in [0.29, 0.717) is 11.3 Å². The molecule has 0 fully saturated rings. The maximum Gasteiger partial charge on any atom is 0.247 e. The van der Waals surface area contributed by atoms with Crippen LogP contribution < -0.4 is 10.6 Å². The lowest BCUT2D eigenvalue weighted by atomic mass is 9.81. The van der Waals surface area contributed by atoms with Crippen LogP contribution in [0.3, 0.4) is 0 Å². The highest BCUT2D eigenvalue weighted by Gasteiger charge is 2.35. The zero-order valence-corrected chi connectivity index (χ0v) is 15.9. The van der Waals surface area contributed by atoms with Crippen molar-refractivity contribution in [2.75, 3.05) is 10.6 Å². The van der Waals surface area contributed by atoms with Crippen molar-refractivity contribution in [3.05, 3.63) is 101 Å². The number of hydrogen-bond donors (Lipinski definition) is 2. The summed E-state index contributed by atoms with van der Waals surface area (Å²) in [5, 5.41) is 5.79. The molecule has 0 saturated carbocycles. The lowest BCUT2D eigenvalue weighted by Crippen LogP contribution is -2.25. The first-order chi connectivity index (χ1) is 14.5. The predicted molar refractivity (Wildman–Crippen MR) is 116 cm³/mol.